The van der Waals surface area contributed by atoms with Crippen LogP contribution >= 0.6 is 0 Å². The number of aryl methyl sites for hydroxylation is 1. The molecule has 4 aromatic rings. The molecule has 9 nitrogen and oxygen atoms in total. The molecular weight excluding hydrogens is 466 g/mol. The summed E-state index contributed by atoms with van der Waals surface area (Å²) < 4.78 is 26.6. The minimum atomic E-state index is -3.56. The molecule has 1 saturated heterocycles. The van der Waals surface area contributed by atoms with E-state index in [0.717, 1.165) is 22.9 Å². The zero-order chi connectivity index (χ0) is 24.7. The van der Waals surface area contributed by atoms with Gasteiger partial charge in [-0.3, -0.25) is 14.2 Å². The van der Waals surface area contributed by atoms with E-state index in [1.807, 2.05) is 31.2 Å². The fraction of sp³-hybridized carbons (Fsp3) is 0.200. The number of carbonyl (C=O) groups excluding carboxylic acids is 2. The Bertz CT molecular complexity index is 1580. The Morgan fingerprint density at radius 1 is 1.06 bits per heavy atom. The fourth-order valence-corrected chi connectivity index (χ4v) is 5.07. The van der Waals surface area contributed by atoms with Gasteiger partial charge in [0.1, 0.15) is 0 Å². The van der Waals surface area contributed by atoms with Crippen LogP contribution in [-0.2, 0) is 14.6 Å². The summed E-state index contributed by atoms with van der Waals surface area (Å²) in [5, 5.41) is 3.16. The Morgan fingerprint density at radius 2 is 1.83 bits per heavy atom. The molecule has 0 bridgehead atoms. The van der Waals surface area contributed by atoms with Crippen molar-refractivity contribution >= 4 is 32.6 Å². The van der Waals surface area contributed by atoms with E-state index in [2.05, 4.69) is 15.3 Å². The fourth-order valence-electron chi connectivity index (χ4n) is 4.20. The maximum absolute atomic E-state index is 13.1. The van der Waals surface area contributed by atoms with Gasteiger partial charge in [0.05, 0.1) is 17.0 Å². The van der Waals surface area contributed by atoms with Gasteiger partial charge in [-0.15, -0.1) is 0 Å². The lowest BCUT2D eigenvalue weighted by Gasteiger charge is -2.26. The van der Waals surface area contributed by atoms with Crippen molar-refractivity contribution in [3.63, 3.8) is 0 Å². The van der Waals surface area contributed by atoms with Crippen molar-refractivity contribution in [3.8, 4) is 17.1 Å². The number of carbonyl (C=O) groups is 2. The molecule has 0 spiro atoms. The first-order valence-corrected chi connectivity index (χ1v) is 12.9. The maximum Gasteiger partial charge on any atom is 0.254 e. The number of aromatic nitrogens is 3. The third-order valence-corrected chi connectivity index (χ3v) is 7.07. The van der Waals surface area contributed by atoms with Crippen LogP contribution < -0.4 is 5.32 Å². The van der Waals surface area contributed by atoms with Crippen molar-refractivity contribution in [1.82, 2.24) is 24.8 Å². The molecule has 0 atom stereocenters. The molecule has 35 heavy (non-hydrogen) atoms. The Kier molecular flexibility index (Phi) is 5.60. The number of amides is 2. The molecule has 0 saturated carbocycles. The van der Waals surface area contributed by atoms with Crippen molar-refractivity contribution in [2.75, 3.05) is 25.9 Å². The first-order chi connectivity index (χ1) is 16.7. The smallest absolute Gasteiger partial charge is 0.254 e. The summed E-state index contributed by atoms with van der Waals surface area (Å²) in [7, 11) is -3.56. The molecule has 1 aliphatic heterocycles. The average molecular weight is 490 g/mol. The van der Waals surface area contributed by atoms with Crippen LogP contribution in [0.25, 0.3) is 28.0 Å². The van der Waals surface area contributed by atoms with Crippen LogP contribution in [0.5, 0.6) is 0 Å². The molecule has 5 rings (SSSR count). The summed E-state index contributed by atoms with van der Waals surface area (Å²) in [6.07, 6.45) is 5.98. The topological polar surface area (TPSA) is 114 Å². The Morgan fingerprint density at radius 3 is 2.51 bits per heavy atom. The zero-order valence-electron chi connectivity index (χ0n) is 19.2. The SMILES string of the molecule is Cc1cccc(-c2cnc(-n3cc(S(C)(=O)=O)c4ccc(C(=O)N5CCNC(=O)C5)cc43)nc2)c1. The number of hydrogen-bond donors (Lipinski definition) is 1. The molecule has 178 valence electrons. The van der Waals surface area contributed by atoms with E-state index < -0.39 is 9.84 Å². The first-order valence-electron chi connectivity index (χ1n) is 11.0. The van der Waals surface area contributed by atoms with Gasteiger partial charge in [0.25, 0.3) is 5.91 Å². The number of fused-ring (bicyclic) bond motifs is 1. The molecule has 2 amide bonds. The van der Waals surface area contributed by atoms with Gasteiger partial charge in [0, 0.05) is 54.4 Å². The zero-order valence-corrected chi connectivity index (χ0v) is 20.0. The number of benzene rings is 2. The second-order valence-corrected chi connectivity index (χ2v) is 10.6. The predicted octanol–water partition coefficient (Wildman–Crippen LogP) is 2.37. The molecule has 3 heterocycles. The summed E-state index contributed by atoms with van der Waals surface area (Å²) in [6, 6.07) is 12.8. The van der Waals surface area contributed by atoms with Gasteiger partial charge in [-0.1, -0.05) is 35.9 Å². The summed E-state index contributed by atoms with van der Waals surface area (Å²) in [6.45, 7) is 2.78. The molecule has 0 radical (unpaired) electrons. The van der Waals surface area contributed by atoms with Crippen LogP contribution in [0.2, 0.25) is 0 Å². The van der Waals surface area contributed by atoms with Crippen LogP contribution in [0.15, 0.2) is 66.0 Å². The molecule has 2 aromatic heterocycles. The third kappa shape index (κ3) is 4.40. The highest BCUT2D eigenvalue weighted by molar-refractivity contribution is 7.91. The largest absolute Gasteiger partial charge is 0.353 e. The molecule has 0 unspecified atom stereocenters. The van der Waals surface area contributed by atoms with Gasteiger partial charge < -0.3 is 10.2 Å². The highest BCUT2D eigenvalue weighted by atomic mass is 32.2. The van der Waals surface area contributed by atoms with Crippen molar-refractivity contribution in [2.24, 2.45) is 0 Å². The number of sulfone groups is 1. The van der Waals surface area contributed by atoms with Crippen LogP contribution in [0.3, 0.4) is 0 Å². The number of hydrogen-bond acceptors (Lipinski definition) is 6. The van der Waals surface area contributed by atoms with E-state index >= 15 is 0 Å². The van der Waals surface area contributed by atoms with E-state index in [1.54, 1.807) is 35.2 Å². The van der Waals surface area contributed by atoms with Gasteiger partial charge in [-0.25, -0.2) is 18.4 Å². The van der Waals surface area contributed by atoms with E-state index in [4.69, 9.17) is 0 Å². The van der Waals surface area contributed by atoms with Gasteiger partial charge in [0.15, 0.2) is 9.84 Å². The normalized spacial score (nSPS) is 14.2. The molecule has 2 aromatic carbocycles. The maximum atomic E-state index is 13.1. The lowest BCUT2D eigenvalue weighted by atomic mass is 10.1. The molecule has 1 fully saturated rings. The van der Waals surface area contributed by atoms with Gasteiger partial charge >= 0.3 is 0 Å². The summed E-state index contributed by atoms with van der Waals surface area (Å²) in [5.74, 6) is -0.232. The van der Waals surface area contributed by atoms with Crippen molar-refractivity contribution in [1.29, 1.82) is 0 Å². The number of rotatable bonds is 4. The van der Waals surface area contributed by atoms with Crippen molar-refractivity contribution in [2.45, 2.75) is 11.8 Å². The van der Waals surface area contributed by atoms with E-state index in [-0.39, 0.29) is 29.2 Å². The Labute approximate surface area is 202 Å². The van der Waals surface area contributed by atoms with Crippen LogP contribution in [0.1, 0.15) is 15.9 Å². The molecule has 1 aliphatic rings. The summed E-state index contributed by atoms with van der Waals surface area (Å²) in [4.78, 5) is 35.3. The van der Waals surface area contributed by atoms with Crippen LogP contribution in [0.4, 0.5) is 0 Å². The number of nitrogens with zero attached hydrogens (tertiary/aromatic N) is 4. The highest BCUT2D eigenvalue weighted by Gasteiger charge is 2.24. The van der Waals surface area contributed by atoms with Gasteiger partial charge in [0.2, 0.25) is 11.9 Å². The number of nitrogens with one attached hydrogen (secondary N) is 1. The lowest BCUT2D eigenvalue weighted by molar-refractivity contribution is -0.123. The van der Waals surface area contributed by atoms with Crippen molar-refractivity contribution < 1.29 is 18.0 Å². The summed E-state index contributed by atoms with van der Waals surface area (Å²) in [5.41, 5.74) is 3.76. The quantitative estimate of drug-likeness (QED) is 0.471. The minimum absolute atomic E-state index is 0.0179. The lowest BCUT2D eigenvalue weighted by Crippen LogP contribution is -2.49. The standard InChI is InChI=1S/C25H23N5O4S/c1-16-4-3-5-17(10-16)19-12-27-25(28-13-19)30-14-22(35(2,33)34)20-7-6-18(11-21(20)30)24(32)29-9-8-26-23(31)15-29/h3-7,10-14H,8-9,15H2,1-2H3,(H,26,31). The van der Waals surface area contributed by atoms with Crippen LogP contribution in [-0.4, -0.2) is 65.6 Å². The second kappa shape index (κ2) is 8.62. The number of piperazine rings is 1. The summed E-state index contributed by atoms with van der Waals surface area (Å²) >= 11 is 0. The van der Waals surface area contributed by atoms with Crippen molar-refractivity contribution in [3.05, 3.63) is 72.2 Å². The van der Waals surface area contributed by atoms with Crippen LogP contribution in [0, 0.1) is 6.92 Å². The molecule has 10 heteroatoms. The highest BCUT2D eigenvalue weighted by Crippen LogP contribution is 2.29. The molecule has 1 N–H and O–H groups in total. The molecular formula is C25H23N5O4S. The second-order valence-electron chi connectivity index (χ2n) is 8.59. The average Bonchev–Trinajstić information content (AvgIpc) is 3.23. The third-order valence-electron chi connectivity index (χ3n) is 5.95. The first kappa shape index (κ1) is 22.7. The molecule has 0 aliphatic carbocycles. The van der Waals surface area contributed by atoms with Gasteiger partial charge in [-0.05, 0) is 24.6 Å². The van der Waals surface area contributed by atoms with E-state index in [0.29, 0.717) is 29.6 Å². The van der Waals surface area contributed by atoms with E-state index in [1.165, 1.54) is 11.1 Å². The van der Waals surface area contributed by atoms with E-state index in [9.17, 15) is 18.0 Å². The minimum Gasteiger partial charge on any atom is -0.353 e. The van der Waals surface area contributed by atoms with Gasteiger partial charge in [-0.2, -0.15) is 0 Å². The monoisotopic (exact) mass is 489 g/mol. The Balaban J connectivity index is 1.59. The predicted molar refractivity (Wildman–Crippen MR) is 131 cm³/mol. The Hall–Kier alpha value is -4.05.